The third-order valence-corrected chi connectivity index (χ3v) is 1.64. The maximum absolute atomic E-state index is 10.4. The number of nitrogens with zero attached hydrogens (tertiary/aromatic N) is 2. The molecule has 0 radical (unpaired) electrons. The van der Waals surface area contributed by atoms with Gasteiger partial charge in [-0.2, -0.15) is 0 Å². The lowest BCUT2D eigenvalue weighted by molar-refractivity contribution is 0.0694. The number of hydrogen-bond donors (Lipinski definition) is 1. The topological polar surface area (TPSA) is 72.3 Å². The summed E-state index contributed by atoms with van der Waals surface area (Å²) in [5, 5.41) is 8.56. The first kappa shape index (κ1) is 9.60. The molecular formula is C8H10N2O3. The van der Waals surface area contributed by atoms with Crippen molar-refractivity contribution < 1.29 is 14.6 Å². The van der Waals surface area contributed by atoms with Crippen molar-refractivity contribution in [1.29, 1.82) is 0 Å². The van der Waals surface area contributed by atoms with Crippen molar-refractivity contribution in [1.82, 2.24) is 9.97 Å². The molecule has 0 saturated carbocycles. The normalized spacial score (nSPS) is 12.5. The molecule has 1 unspecified atom stereocenters. The summed E-state index contributed by atoms with van der Waals surface area (Å²) in [4.78, 5) is 18.1. The monoisotopic (exact) mass is 182 g/mol. The Labute approximate surface area is 75.4 Å². The molecule has 70 valence electrons. The van der Waals surface area contributed by atoms with E-state index in [2.05, 4.69) is 9.97 Å². The van der Waals surface area contributed by atoms with Crippen LogP contribution in [-0.4, -0.2) is 28.2 Å². The molecule has 5 heteroatoms. The van der Waals surface area contributed by atoms with E-state index in [0.29, 0.717) is 5.82 Å². The van der Waals surface area contributed by atoms with Gasteiger partial charge in [0.1, 0.15) is 6.10 Å². The number of carboxylic acids is 1. The minimum atomic E-state index is -1.03. The molecule has 0 fully saturated rings. The van der Waals surface area contributed by atoms with Crippen LogP contribution in [-0.2, 0) is 4.74 Å². The van der Waals surface area contributed by atoms with E-state index in [1.165, 1.54) is 12.4 Å². The largest absolute Gasteiger partial charge is 0.478 e. The lowest BCUT2D eigenvalue weighted by atomic mass is 10.3. The van der Waals surface area contributed by atoms with E-state index in [1.54, 1.807) is 14.0 Å². The summed E-state index contributed by atoms with van der Waals surface area (Å²) in [6, 6.07) is 0. The standard InChI is InChI=1S/C8H10N2O3/c1-5(13-2)7-9-3-6(4-10-7)8(11)12/h3-5H,1-2H3,(H,11,12). The summed E-state index contributed by atoms with van der Waals surface area (Å²) in [5.41, 5.74) is 0.0760. The van der Waals surface area contributed by atoms with Gasteiger partial charge in [0.2, 0.25) is 0 Å². The SMILES string of the molecule is COC(C)c1ncc(C(=O)O)cn1. The maximum atomic E-state index is 10.4. The summed E-state index contributed by atoms with van der Waals surface area (Å²) in [6.45, 7) is 1.79. The zero-order valence-electron chi connectivity index (χ0n) is 7.39. The highest BCUT2D eigenvalue weighted by Crippen LogP contribution is 2.09. The average molecular weight is 182 g/mol. The minimum absolute atomic E-state index is 0.0760. The maximum Gasteiger partial charge on any atom is 0.338 e. The molecule has 0 spiro atoms. The Hall–Kier alpha value is -1.49. The van der Waals surface area contributed by atoms with Crippen molar-refractivity contribution in [2.45, 2.75) is 13.0 Å². The quantitative estimate of drug-likeness (QED) is 0.751. The van der Waals surface area contributed by atoms with Crippen molar-refractivity contribution in [2.24, 2.45) is 0 Å². The second-order valence-electron chi connectivity index (χ2n) is 2.51. The fraction of sp³-hybridized carbons (Fsp3) is 0.375. The van der Waals surface area contributed by atoms with Gasteiger partial charge in [0.25, 0.3) is 0 Å². The first-order valence-electron chi connectivity index (χ1n) is 3.73. The number of aromatic nitrogens is 2. The highest BCUT2D eigenvalue weighted by Gasteiger charge is 2.08. The summed E-state index contributed by atoms with van der Waals surface area (Å²) in [7, 11) is 1.54. The van der Waals surface area contributed by atoms with E-state index in [0.717, 1.165) is 0 Å². The fourth-order valence-electron chi connectivity index (χ4n) is 0.764. The number of carbonyl (C=O) groups is 1. The van der Waals surface area contributed by atoms with Gasteiger partial charge in [0, 0.05) is 19.5 Å². The Morgan fingerprint density at radius 2 is 2.08 bits per heavy atom. The molecule has 1 atom stereocenters. The average Bonchev–Trinajstić information content (AvgIpc) is 2.17. The fourth-order valence-corrected chi connectivity index (χ4v) is 0.764. The van der Waals surface area contributed by atoms with Gasteiger partial charge in [-0.25, -0.2) is 14.8 Å². The summed E-state index contributed by atoms with van der Waals surface area (Å²) in [6.07, 6.45) is 2.31. The molecule has 0 bridgehead atoms. The van der Waals surface area contributed by atoms with E-state index < -0.39 is 5.97 Å². The van der Waals surface area contributed by atoms with Gasteiger partial charge in [0.05, 0.1) is 5.56 Å². The molecule has 0 aliphatic carbocycles. The molecule has 0 aliphatic rings. The molecule has 0 amide bonds. The number of rotatable bonds is 3. The molecule has 13 heavy (non-hydrogen) atoms. The lowest BCUT2D eigenvalue weighted by Crippen LogP contribution is -2.05. The Balaban J connectivity index is 2.87. The zero-order chi connectivity index (χ0) is 9.84. The van der Waals surface area contributed by atoms with Gasteiger partial charge in [-0.05, 0) is 6.92 Å². The van der Waals surface area contributed by atoms with E-state index in [4.69, 9.17) is 9.84 Å². The van der Waals surface area contributed by atoms with Crippen LogP contribution >= 0.6 is 0 Å². The van der Waals surface area contributed by atoms with E-state index >= 15 is 0 Å². The van der Waals surface area contributed by atoms with Crippen LogP contribution in [0.4, 0.5) is 0 Å². The molecular weight excluding hydrogens is 172 g/mol. The van der Waals surface area contributed by atoms with Gasteiger partial charge < -0.3 is 9.84 Å². The van der Waals surface area contributed by atoms with Crippen LogP contribution in [0.2, 0.25) is 0 Å². The molecule has 1 rings (SSSR count). The van der Waals surface area contributed by atoms with E-state index in [1.807, 2.05) is 0 Å². The number of ether oxygens (including phenoxy) is 1. The predicted molar refractivity (Wildman–Crippen MR) is 44.4 cm³/mol. The van der Waals surface area contributed by atoms with E-state index in [-0.39, 0.29) is 11.7 Å². The van der Waals surface area contributed by atoms with Crippen molar-refractivity contribution in [3.05, 3.63) is 23.8 Å². The van der Waals surface area contributed by atoms with Gasteiger partial charge >= 0.3 is 5.97 Å². The molecule has 0 saturated heterocycles. The van der Waals surface area contributed by atoms with Crippen LogP contribution in [0.25, 0.3) is 0 Å². The molecule has 0 aromatic carbocycles. The van der Waals surface area contributed by atoms with Crippen LogP contribution in [0.1, 0.15) is 29.2 Å². The zero-order valence-corrected chi connectivity index (χ0v) is 7.39. The van der Waals surface area contributed by atoms with Crippen LogP contribution in [0.3, 0.4) is 0 Å². The number of hydrogen-bond acceptors (Lipinski definition) is 4. The molecule has 1 aromatic heterocycles. The predicted octanol–water partition coefficient (Wildman–Crippen LogP) is 0.882. The third kappa shape index (κ3) is 2.22. The first-order valence-corrected chi connectivity index (χ1v) is 3.73. The number of methoxy groups -OCH3 is 1. The first-order chi connectivity index (χ1) is 6.15. The second-order valence-corrected chi connectivity index (χ2v) is 2.51. The lowest BCUT2D eigenvalue weighted by Gasteiger charge is -2.06. The van der Waals surface area contributed by atoms with Gasteiger partial charge in [-0.15, -0.1) is 0 Å². The van der Waals surface area contributed by atoms with Crippen LogP contribution in [0, 0.1) is 0 Å². The molecule has 1 heterocycles. The Morgan fingerprint density at radius 3 is 2.46 bits per heavy atom. The Morgan fingerprint density at radius 1 is 1.54 bits per heavy atom. The summed E-state index contributed by atoms with van der Waals surface area (Å²) < 4.78 is 4.96. The Bertz CT molecular complexity index is 297. The molecule has 0 aliphatic heterocycles. The molecule has 1 aromatic rings. The summed E-state index contributed by atoms with van der Waals surface area (Å²) >= 11 is 0. The smallest absolute Gasteiger partial charge is 0.338 e. The summed E-state index contributed by atoms with van der Waals surface area (Å²) in [5.74, 6) is -0.552. The number of carboxylic acid groups (broad SMARTS) is 1. The van der Waals surface area contributed by atoms with Crippen molar-refractivity contribution in [2.75, 3.05) is 7.11 Å². The minimum Gasteiger partial charge on any atom is -0.478 e. The highest BCUT2D eigenvalue weighted by atomic mass is 16.5. The van der Waals surface area contributed by atoms with Crippen LogP contribution in [0.5, 0.6) is 0 Å². The highest BCUT2D eigenvalue weighted by molar-refractivity contribution is 5.86. The van der Waals surface area contributed by atoms with Gasteiger partial charge in [-0.1, -0.05) is 0 Å². The molecule has 1 N–H and O–H groups in total. The Kier molecular flexibility index (Phi) is 2.92. The van der Waals surface area contributed by atoms with Gasteiger partial charge in [0.15, 0.2) is 5.82 Å². The van der Waals surface area contributed by atoms with Crippen LogP contribution < -0.4 is 0 Å². The third-order valence-electron chi connectivity index (χ3n) is 1.64. The van der Waals surface area contributed by atoms with Gasteiger partial charge in [-0.3, -0.25) is 0 Å². The second kappa shape index (κ2) is 3.95. The van der Waals surface area contributed by atoms with Crippen molar-refractivity contribution in [3.63, 3.8) is 0 Å². The van der Waals surface area contributed by atoms with Crippen molar-refractivity contribution in [3.8, 4) is 0 Å². The molecule has 5 nitrogen and oxygen atoms in total. The van der Waals surface area contributed by atoms with Crippen molar-refractivity contribution >= 4 is 5.97 Å². The van der Waals surface area contributed by atoms with Crippen LogP contribution in [0.15, 0.2) is 12.4 Å². The van der Waals surface area contributed by atoms with E-state index in [9.17, 15) is 4.79 Å². The number of aromatic carboxylic acids is 1.